The van der Waals surface area contributed by atoms with Crippen molar-refractivity contribution in [1.29, 1.82) is 0 Å². The first kappa shape index (κ1) is 21.0. The number of piperazine rings is 1. The van der Waals surface area contributed by atoms with E-state index in [1.807, 2.05) is 44.4 Å². The standard InChI is InChI=1S/C20H27N3O3S2/c1-15-6-7-19(13-16(15)2)28(25,26)23-10-8-22(9-11-23)17(3)20(24)21-14-18-5-4-12-27-18/h4-7,12-13,17H,8-11,14H2,1-3H3,(H,21,24)/p+1/t17-/m0/s1. The van der Waals surface area contributed by atoms with Gasteiger partial charge in [-0.1, -0.05) is 12.1 Å². The SMILES string of the molecule is Cc1ccc(S(=O)(=O)N2CC[NH+]([C@@H](C)C(=O)NCc3cccs3)CC2)cc1C. The zero-order valence-electron chi connectivity index (χ0n) is 16.6. The maximum atomic E-state index is 12.9. The van der Waals surface area contributed by atoms with E-state index in [0.29, 0.717) is 37.6 Å². The number of hydrogen-bond acceptors (Lipinski definition) is 4. The van der Waals surface area contributed by atoms with E-state index >= 15 is 0 Å². The molecule has 0 saturated carbocycles. The Morgan fingerprint density at radius 2 is 1.93 bits per heavy atom. The van der Waals surface area contributed by atoms with Gasteiger partial charge in [-0.15, -0.1) is 11.3 Å². The van der Waals surface area contributed by atoms with Crippen molar-refractivity contribution in [2.24, 2.45) is 0 Å². The van der Waals surface area contributed by atoms with E-state index in [0.717, 1.165) is 20.9 Å². The molecule has 0 aliphatic carbocycles. The third-order valence-electron chi connectivity index (χ3n) is 5.50. The molecule has 1 saturated heterocycles. The van der Waals surface area contributed by atoms with Crippen LogP contribution in [0.4, 0.5) is 0 Å². The van der Waals surface area contributed by atoms with Gasteiger partial charge in [-0.2, -0.15) is 4.31 Å². The molecule has 0 spiro atoms. The lowest BCUT2D eigenvalue weighted by Gasteiger charge is -2.34. The molecule has 1 aliphatic rings. The molecule has 2 N–H and O–H groups in total. The molecule has 1 aliphatic heterocycles. The molecular formula is C20H28N3O3S2+. The van der Waals surface area contributed by atoms with Gasteiger partial charge in [0.15, 0.2) is 6.04 Å². The predicted octanol–water partition coefficient (Wildman–Crippen LogP) is 0.959. The molecule has 2 aromatic rings. The number of amides is 1. The van der Waals surface area contributed by atoms with E-state index in [9.17, 15) is 13.2 Å². The van der Waals surface area contributed by atoms with Gasteiger partial charge in [0.05, 0.1) is 37.6 Å². The number of nitrogens with one attached hydrogen (secondary N) is 2. The Morgan fingerprint density at radius 1 is 1.21 bits per heavy atom. The van der Waals surface area contributed by atoms with Crippen molar-refractivity contribution >= 4 is 27.3 Å². The zero-order valence-corrected chi connectivity index (χ0v) is 18.2. The average molecular weight is 423 g/mol. The molecule has 2 heterocycles. The lowest BCUT2D eigenvalue weighted by molar-refractivity contribution is -0.917. The molecule has 152 valence electrons. The average Bonchev–Trinajstić information content (AvgIpc) is 3.21. The number of aryl methyl sites for hydroxylation is 2. The van der Waals surface area contributed by atoms with E-state index in [4.69, 9.17) is 0 Å². The van der Waals surface area contributed by atoms with Crippen LogP contribution in [0.25, 0.3) is 0 Å². The number of carbonyl (C=O) groups is 1. The molecule has 8 heteroatoms. The van der Waals surface area contributed by atoms with Crippen LogP contribution in [0.15, 0.2) is 40.6 Å². The first-order chi connectivity index (χ1) is 13.3. The first-order valence-corrected chi connectivity index (χ1v) is 11.8. The molecule has 6 nitrogen and oxygen atoms in total. The minimum absolute atomic E-state index is 0.00821. The Hall–Kier alpha value is -1.74. The fraction of sp³-hybridized carbons (Fsp3) is 0.450. The highest BCUT2D eigenvalue weighted by Crippen LogP contribution is 2.19. The van der Waals surface area contributed by atoms with Crippen LogP contribution in [-0.4, -0.2) is 50.9 Å². The highest BCUT2D eigenvalue weighted by Gasteiger charge is 2.34. The van der Waals surface area contributed by atoms with E-state index in [2.05, 4.69) is 5.32 Å². The largest absolute Gasteiger partial charge is 0.346 e. The van der Waals surface area contributed by atoms with E-state index in [1.165, 1.54) is 4.31 Å². The molecule has 1 aromatic heterocycles. The summed E-state index contributed by atoms with van der Waals surface area (Å²) in [6.45, 7) is 8.44. The normalized spacial score (nSPS) is 17.4. The molecule has 0 radical (unpaired) electrons. The molecule has 0 bridgehead atoms. The number of carbonyl (C=O) groups excluding carboxylic acids is 1. The third kappa shape index (κ3) is 4.63. The number of hydrogen-bond donors (Lipinski definition) is 2. The fourth-order valence-electron chi connectivity index (χ4n) is 3.40. The molecule has 1 aromatic carbocycles. The zero-order chi connectivity index (χ0) is 20.3. The van der Waals surface area contributed by atoms with Crippen molar-refractivity contribution < 1.29 is 18.1 Å². The maximum Gasteiger partial charge on any atom is 0.278 e. The number of thiophene rings is 1. The van der Waals surface area contributed by atoms with Gasteiger partial charge < -0.3 is 10.2 Å². The van der Waals surface area contributed by atoms with Crippen molar-refractivity contribution in [1.82, 2.24) is 9.62 Å². The summed E-state index contributed by atoms with van der Waals surface area (Å²) >= 11 is 1.62. The molecule has 1 fully saturated rings. The van der Waals surface area contributed by atoms with Gasteiger partial charge in [-0.3, -0.25) is 4.79 Å². The van der Waals surface area contributed by atoms with E-state index in [-0.39, 0.29) is 11.9 Å². The van der Waals surface area contributed by atoms with Crippen LogP contribution in [0.2, 0.25) is 0 Å². The minimum Gasteiger partial charge on any atom is -0.346 e. The minimum atomic E-state index is -3.49. The van der Waals surface area contributed by atoms with Gasteiger partial charge in [-0.05, 0) is 55.5 Å². The van der Waals surface area contributed by atoms with Crippen LogP contribution >= 0.6 is 11.3 Å². The van der Waals surface area contributed by atoms with Crippen LogP contribution in [0, 0.1) is 13.8 Å². The summed E-state index contributed by atoms with van der Waals surface area (Å²) in [5.74, 6) is 0.00821. The lowest BCUT2D eigenvalue weighted by atomic mass is 10.1. The number of rotatable bonds is 6. The molecular weight excluding hydrogens is 394 g/mol. The van der Waals surface area contributed by atoms with Gasteiger partial charge >= 0.3 is 0 Å². The smallest absolute Gasteiger partial charge is 0.278 e. The van der Waals surface area contributed by atoms with Crippen LogP contribution in [0.5, 0.6) is 0 Å². The Labute approximate surface area is 171 Å². The van der Waals surface area contributed by atoms with Gasteiger partial charge in [0.1, 0.15) is 0 Å². The molecule has 0 unspecified atom stereocenters. The van der Waals surface area contributed by atoms with Gasteiger partial charge in [0.2, 0.25) is 10.0 Å². The highest BCUT2D eigenvalue weighted by atomic mass is 32.2. The van der Waals surface area contributed by atoms with Gasteiger partial charge in [-0.25, -0.2) is 8.42 Å². The van der Waals surface area contributed by atoms with Crippen LogP contribution in [-0.2, 0) is 21.4 Å². The van der Waals surface area contributed by atoms with Crippen molar-refractivity contribution in [3.05, 3.63) is 51.7 Å². The predicted molar refractivity (Wildman–Crippen MR) is 111 cm³/mol. The summed E-state index contributed by atoms with van der Waals surface area (Å²) in [6.07, 6.45) is 0. The van der Waals surface area contributed by atoms with Crippen LogP contribution < -0.4 is 10.2 Å². The second kappa shape index (κ2) is 8.73. The summed E-state index contributed by atoms with van der Waals surface area (Å²) in [6, 6.07) is 9.03. The third-order valence-corrected chi connectivity index (χ3v) is 8.27. The van der Waals surface area contributed by atoms with Crippen molar-refractivity contribution in [2.75, 3.05) is 26.2 Å². The number of sulfonamides is 1. The number of quaternary nitrogens is 1. The second-order valence-electron chi connectivity index (χ2n) is 7.33. The fourth-order valence-corrected chi connectivity index (χ4v) is 5.57. The van der Waals surface area contributed by atoms with Crippen molar-refractivity contribution in [3.8, 4) is 0 Å². The Balaban J connectivity index is 1.57. The summed E-state index contributed by atoms with van der Waals surface area (Å²) in [7, 11) is -3.49. The van der Waals surface area contributed by atoms with Crippen LogP contribution in [0.1, 0.15) is 22.9 Å². The quantitative estimate of drug-likeness (QED) is 0.729. The molecule has 1 amide bonds. The Bertz CT molecular complexity index is 918. The number of benzene rings is 1. The summed E-state index contributed by atoms with van der Waals surface area (Å²) < 4.78 is 27.4. The first-order valence-electron chi connectivity index (χ1n) is 9.51. The van der Waals surface area contributed by atoms with Crippen molar-refractivity contribution in [2.45, 2.75) is 38.3 Å². The van der Waals surface area contributed by atoms with Gasteiger partial charge in [0, 0.05) is 4.88 Å². The molecule has 28 heavy (non-hydrogen) atoms. The monoisotopic (exact) mass is 422 g/mol. The maximum absolute atomic E-state index is 12.9. The summed E-state index contributed by atoms with van der Waals surface area (Å²) in [5.41, 5.74) is 2.05. The Kier molecular flexibility index (Phi) is 6.54. The van der Waals surface area contributed by atoms with Gasteiger partial charge in [0.25, 0.3) is 5.91 Å². The Morgan fingerprint density at radius 3 is 2.54 bits per heavy atom. The highest BCUT2D eigenvalue weighted by molar-refractivity contribution is 7.89. The second-order valence-corrected chi connectivity index (χ2v) is 10.3. The van der Waals surface area contributed by atoms with Crippen molar-refractivity contribution in [3.63, 3.8) is 0 Å². The lowest BCUT2D eigenvalue weighted by Crippen LogP contribution is -3.19. The number of nitrogens with zero attached hydrogens (tertiary/aromatic N) is 1. The molecule has 3 rings (SSSR count). The molecule has 1 atom stereocenters. The topological polar surface area (TPSA) is 70.9 Å². The van der Waals surface area contributed by atoms with E-state index in [1.54, 1.807) is 23.5 Å². The summed E-state index contributed by atoms with van der Waals surface area (Å²) in [5, 5.41) is 4.97. The van der Waals surface area contributed by atoms with Crippen LogP contribution in [0.3, 0.4) is 0 Å². The summed E-state index contributed by atoms with van der Waals surface area (Å²) in [4.78, 5) is 15.0. The van der Waals surface area contributed by atoms with E-state index < -0.39 is 10.0 Å².